The minimum absolute atomic E-state index is 0.113. The summed E-state index contributed by atoms with van der Waals surface area (Å²) >= 11 is 0. The van der Waals surface area contributed by atoms with Crippen molar-refractivity contribution in [3.05, 3.63) is 29.8 Å². The SMILES string of the molecule is COc1ccc(CN2NCC(=O)NC2=O)cc1. The molecule has 1 aromatic carbocycles. The summed E-state index contributed by atoms with van der Waals surface area (Å²) in [6, 6.07) is 6.94. The highest BCUT2D eigenvalue weighted by atomic mass is 16.5. The van der Waals surface area contributed by atoms with Gasteiger partial charge in [-0.15, -0.1) is 0 Å². The van der Waals surface area contributed by atoms with Crippen molar-refractivity contribution >= 4 is 11.9 Å². The lowest BCUT2D eigenvalue weighted by Crippen LogP contribution is -2.58. The molecule has 0 bridgehead atoms. The van der Waals surface area contributed by atoms with E-state index in [1.54, 1.807) is 7.11 Å². The fraction of sp³-hybridized carbons (Fsp3) is 0.273. The number of rotatable bonds is 3. The number of ether oxygens (including phenoxy) is 1. The van der Waals surface area contributed by atoms with Gasteiger partial charge in [0.25, 0.3) is 0 Å². The predicted molar refractivity (Wildman–Crippen MR) is 60.1 cm³/mol. The van der Waals surface area contributed by atoms with Crippen molar-refractivity contribution in [2.75, 3.05) is 13.7 Å². The van der Waals surface area contributed by atoms with Crippen LogP contribution in [0.4, 0.5) is 4.79 Å². The molecule has 0 atom stereocenters. The minimum Gasteiger partial charge on any atom is -0.497 e. The Bertz CT molecular complexity index is 430. The van der Waals surface area contributed by atoms with Gasteiger partial charge >= 0.3 is 6.03 Å². The van der Waals surface area contributed by atoms with Crippen LogP contribution in [0.5, 0.6) is 5.75 Å². The van der Waals surface area contributed by atoms with Crippen LogP contribution in [0.15, 0.2) is 24.3 Å². The number of hydrogen-bond donors (Lipinski definition) is 2. The van der Waals surface area contributed by atoms with Crippen LogP contribution in [-0.4, -0.2) is 30.6 Å². The van der Waals surface area contributed by atoms with Crippen LogP contribution >= 0.6 is 0 Å². The topological polar surface area (TPSA) is 70.7 Å². The van der Waals surface area contributed by atoms with Crippen LogP contribution in [0.25, 0.3) is 0 Å². The smallest absolute Gasteiger partial charge is 0.338 e. The van der Waals surface area contributed by atoms with Gasteiger partial charge in [-0.05, 0) is 17.7 Å². The summed E-state index contributed by atoms with van der Waals surface area (Å²) in [4.78, 5) is 22.4. The number of carbonyl (C=O) groups excluding carboxylic acids is 2. The molecule has 6 nitrogen and oxygen atoms in total. The molecule has 3 amide bonds. The zero-order chi connectivity index (χ0) is 12.3. The van der Waals surface area contributed by atoms with Gasteiger partial charge in [0.2, 0.25) is 5.91 Å². The van der Waals surface area contributed by atoms with Gasteiger partial charge in [0.15, 0.2) is 0 Å². The van der Waals surface area contributed by atoms with E-state index in [1.165, 1.54) is 5.01 Å². The van der Waals surface area contributed by atoms with Crippen molar-refractivity contribution in [2.45, 2.75) is 6.54 Å². The monoisotopic (exact) mass is 235 g/mol. The van der Waals surface area contributed by atoms with Gasteiger partial charge in [-0.2, -0.15) is 0 Å². The third kappa shape index (κ3) is 2.73. The molecular formula is C11H13N3O3. The van der Waals surface area contributed by atoms with Gasteiger partial charge in [-0.25, -0.2) is 10.2 Å². The molecule has 0 aliphatic carbocycles. The summed E-state index contributed by atoms with van der Waals surface area (Å²) in [6.07, 6.45) is 0. The van der Waals surface area contributed by atoms with Crippen LogP contribution in [0.1, 0.15) is 5.56 Å². The lowest BCUT2D eigenvalue weighted by molar-refractivity contribution is -0.121. The van der Waals surface area contributed by atoms with Crippen LogP contribution in [0.2, 0.25) is 0 Å². The molecular weight excluding hydrogens is 222 g/mol. The Morgan fingerprint density at radius 2 is 2.00 bits per heavy atom. The first kappa shape index (κ1) is 11.4. The van der Waals surface area contributed by atoms with E-state index in [4.69, 9.17) is 4.74 Å². The number of hydrazine groups is 1. The molecule has 6 heteroatoms. The maximum atomic E-state index is 11.4. The highest BCUT2D eigenvalue weighted by Gasteiger charge is 2.22. The molecule has 90 valence electrons. The standard InChI is InChI=1S/C11H13N3O3/c1-17-9-4-2-8(3-5-9)7-14-11(16)13-10(15)6-12-14/h2-5,12H,6-7H2,1H3,(H,13,15,16). The lowest BCUT2D eigenvalue weighted by Gasteiger charge is -2.27. The maximum absolute atomic E-state index is 11.4. The highest BCUT2D eigenvalue weighted by molar-refractivity contribution is 5.97. The van der Waals surface area contributed by atoms with E-state index in [1.807, 2.05) is 24.3 Å². The summed E-state index contributed by atoms with van der Waals surface area (Å²) in [6.45, 7) is 0.505. The number of urea groups is 1. The Hall–Kier alpha value is -2.08. The van der Waals surface area contributed by atoms with Crippen molar-refractivity contribution in [1.82, 2.24) is 15.8 Å². The number of benzene rings is 1. The van der Waals surface area contributed by atoms with Crippen LogP contribution in [0, 0.1) is 0 Å². The van der Waals surface area contributed by atoms with Gasteiger partial charge < -0.3 is 4.74 Å². The first-order valence-corrected chi connectivity index (χ1v) is 5.17. The van der Waals surface area contributed by atoms with Gasteiger partial charge in [0, 0.05) is 0 Å². The Morgan fingerprint density at radius 1 is 1.29 bits per heavy atom. The largest absolute Gasteiger partial charge is 0.497 e. The maximum Gasteiger partial charge on any atom is 0.338 e. The van der Waals surface area contributed by atoms with E-state index in [9.17, 15) is 9.59 Å². The highest BCUT2D eigenvalue weighted by Crippen LogP contribution is 2.12. The molecule has 0 unspecified atom stereocenters. The Balaban J connectivity index is 2.00. The van der Waals surface area contributed by atoms with Gasteiger partial charge in [-0.3, -0.25) is 15.1 Å². The molecule has 1 aromatic rings. The normalized spacial score (nSPS) is 15.7. The van der Waals surface area contributed by atoms with Gasteiger partial charge in [0.1, 0.15) is 5.75 Å². The summed E-state index contributed by atoms with van der Waals surface area (Å²) in [7, 11) is 1.60. The van der Waals surface area contributed by atoms with E-state index in [-0.39, 0.29) is 12.5 Å². The molecule has 0 saturated carbocycles. The average molecular weight is 235 g/mol. The van der Waals surface area contributed by atoms with Gasteiger partial charge in [-0.1, -0.05) is 12.1 Å². The zero-order valence-electron chi connectivity index (χ0n) is 9.40. The Morgan fingerprint density at radius 3 is 2.59 bits per heavy atom. The van der Waals surface area contributed by atoms with Crippen molar-refractivity contribution < 1.29 is 14.3 Å². The molecule has 1 saturated heterocycles. The fourth-order valence-corrected chi connectivity index (χ4v) is 1.51. The summed E-state index contributed by atoms with van der Waals surface area (Å²) < 4.78 is 5.04. The second-order valence-electron chi connectivity index (χ2n) is 3.62. The van der Waals surface area contributed by atoms with Crippen molar-refractivity contribution in [3.63, 3.8) is 0 Å². The zero-order valence-corrected chi connectivity index (χ0v) is 9.40. The molecule has 1 aliphatic rings. The molecule has 0 aromatic heterocycles. The van der Waals surface area contributed by atoms with Crippen LogP contribution in [0.3, 0.4) is 0 Å². The molecule has 0 radical (unpaired) electrons. The molecule has 2 N–H and O–H groups in total. The Labute approximate surface area is 98.5 Å². The van der Waals surface area contributed by atoms with E-state index in [2.05, 4.69) is 10.7 Å². The predicted octanol–water partition coefficient (Wildman–Crippen LogP) is 0.252. The lowest BCUT2D eigenvalue weighted by atomic mass is 10.2. The number of nitrogens with one attached hydrogen (secondary N) is 2. The first-order valence-electron chi connectivity index (χ1n) is 5.17. The second-order valence-corrected chi connectivity index (χ2v) is 3.62. The molecule has 1 aliphatic heterocycles. The molecule has 2 rings (SSSR count). The molecule has 1 fully saturated rings. The van der Waals surface area contributed by atoms with Crippen LogP contribution in [-0.2, 0) is 11.3 Å². The average Bonchev–Trinajstić information content (AvgIpc) is 2.34. The molecule has 17 heavy (non-hydrogen) atoms. The van der Waals surface area contributed by atoms with E-state index < -0.39 is 6.03 Å². The fourth-order valence-electron chi connectivity index (χ4n) is 1.51. The quantitative estimate of drug-likeness (QED) is 0.788. The number of nitrogens with zero attached hydrogens (tertiary/aromatic N) is 1. The van der Waals surface area contributed by atoms with E-state index in [0.717, 1.165) is 11.3 Å². The molecule has 0 spiro atoms. The number of carbonyl (C=O) groups is 2. The summed E-state index contributed by atoms with van der Waals surface area (Å²) in [5.74, 6) is 0.445. The number of imide groups is 1. The van der Waals surface area contributed by atoms with Crippen molar-refractivity contribution in [3.8, 4) is 5.75 Å². The number of hydrogen-bond acceptors (Lipinski definition) is 4. The second kappa shape index (κ2) is 4.84. The van der Waals surface area contributed by atoms with E-state index >= 15 is 0 Å². The minimum atomic E-state index is -0.433. The number of methoxy groups -OCH3 is 1. The Kier molecular flexibility index (Phi) is 3.24. The summed E-state index contributed by atoms with van der Waals surface area (Å²) in [5, 5.41) is 3.60. The third-order valence-electron chi connectivity index (χ3n) is 2.42. The van der Waals surface area contributed by atoms with Crippen molar-refractivity contribution in [1.29, 1.82) is 0 Å². The third-order valence-corrected chi connectivity index (χ3v) is 2.42. The van der Waals surface area contributed by atoms with Crippen molar-refractivity contribution in [2.24, 2.45) is 0 Å². The van der Waals surface area contributed by atoms with E-state index in [0.29, 0.717) is 6.54 Å². The molecule has 1 heterocycles. The first-order chi connectivity index (χ1) is 8.19. The van der Waals surface area contributed by atoms with Crippen LogP contribution < -0.4 is 15.5 Å². The van der Waals surface area contributed by atoms with Gasteiger partial charge in [0.05, 0.1) is 20.2 Å². The number of amides is 3. The summed E-state index contributed by atoms with van der Waals surface area (Å²) in [5.41, 5.74) is 3.68.